The van der Waals surface area contributed by atoms with Crippen LogP contribution in [-0.2, 0) is 19.5 Å². The lowest BCUT2D eigenvalue weighted by Crippen LogP contribution is -2.36. The van der Waals surface area contributed by atoms with Crippen molar-refractivity contribution < 1.29 is 22.8 Å². The molecular formula is C19H21F3N4O3. The Hall–Kier alpha value is -2.91. The number of nitrogens with zero attached hydrogens (tertiary/aromatic N) is 3. The van der Waals surface area contributed by atoms with Gasteiger partial charge in [0.05, 0.1) is 6.54 Å². The predicted molar refractivity (Wildman–Crippen MR) is 97.6 cm³/mol. The fraction of sp³-hybridized carbons (Fsp3) is 0.474. The second kappa shape index (κ2) is 7.16. The number of aromatic amines is 1. The summed E-state index contributed by atoms with van der Waals surface area (Å²) in [6.07, 6.45) is -1.24. The van der Waals surface area contributed by atoms with E-state index in [1.165, 1.54) is 25.5 Å². The third-order valence-corrected chi connectivity index (χ3v) is 4.82. The lowest BCUT2D eigenvalue weighted by molar-refractivity contribution is -0.141. The molecule has 156 valence electrons. The largest absolute Gasteiger partial charge is 0.406 e. The number of pyridine rings is 1. The van der Waals surface area contributed by atoms with Crippen LogP contribution in [0.1, 0.15) is 52.5 Å². The summed E-state index contributed by atoms with van der Waals surface area (Å²) in [4.78, 5) is 45.2. The van der Waals surface area contributed by atoms with Crippen molar-refractivity contribution in [2.24, 2.45) is 5.41 Å². The number of nitrogens with one attached hydrogen (secondary N) is 1. The molecule has 0 saturated heterocycles. The first-order valence-electron chi connectivity index (χ1n) is 8.98. The van der Waals surface area contributed by atoms with Crippen LogP contribution in [0.4, 0.5) is 13.2 Å². The van der Waals surface area contributed by atoms with Crippen LogP contribution < -0.4 is 5.56 Å². The van der Waals surface area contributed by atoms with Crippen molar-refractivity contribution in [2.75, 3.05) is 7.05 Å². The minimum absolute atomic E-state index is 0.0328. The average Bonchev–Trinajstić information content (AvgIpc) is 2.97. The monoisotopic (exact) mass is 410 g/mol. The van der Waals surface area contributed by atoms with Crippen LogP contribution in [0.15, 0.2) is 23.3 Å². The Kier molecular flexibility index (Phi) is 5.14. The Balaban J connectivity index is 1.85. The molecule has 0 aliphatic heterocycles. The molecule has 1 N–H and O–H groups in total. The molecule has 2 heterocycles. The third kappa shape index (κ3) is 4.57. The number of H-pyrrole nitrogens is 1. The summed E-state index contributed by atoms with van der Waals surface area (Å²) in [6.45, 7) is 2.39. The first-order valence-corrected chi connectivity index (χ1v) is 8.98. The van der Waals surface area contributed by atoms with Gasteiger partial charge in [0.15, 0.2) is 5.78 Å². The lowest BCUT2D eigenvalue weighted by Gasteiger charge is -2.30. The number of ketones is 1. The van der Waals surface area contributed by atoms with E-state index in [2.05, 4.69) is 9.97 Å². The molecule has 1 amide bonds. The smallest absolute Gasteiger partial charge is 0.334 e. The van der Waals surface area contributed by atoms with Gasteiger partial charge >= 0.3 is 6.18 Å². The summed E-state index contributed by atoms with van der Waals surface area (Å²) in [6, 6.07) is 1.28. The molecule has 0 aromatic carbocycles. The molecule has 7 nitrogen and oxygen atoms in total. The summed E-state index contributed by atoms with van der Waals surface area (Å²) < 4.78 is 38.9. The fourth-order valence-corrected chi connectivity index (χ4v) is 3.51. The quantitative estimate of drug-likeness (QED) is 0.839. The van der Waals surface area contributed by atoms with Gasteiger partial charge in [0.25, 0.3) is 11.5 Å². The molecule has 3 rings (SSSR count). The van der Waals surface area contributed by atoms with Gasteiger partial charge in [-0.15, -0.1) is 0 Å². The molecule has 0 bridgehead atoms. The molecule has 1 aliphatic rings. The number of rotatable bonds is 4. The number of amides is 1. The molecule has 2 aromatic rings. The SMILES string of the molecule is CN(Cc1nccn1CC(F)(F)F)C(=O)c1cc2c([nH]c1=O)CC(C)(C)CC2=O. The van der Waals surface area contributed by atoms with Crippen LogP contribution in [0.2, 0.25) is 0 Å². The number of hydrogen-bond acceptors (Lipinski definition) is 4. The van der Waals surface area contributed by atoms with Crippen molar-refractivity contribution in [3.8, 4) is 0 Å². The van der Waals surface area contributed by atoms with Crippen molar-refractivity contribution in [3.05, 3.63) is 51.5 Å². The van der Waals surface area contributed by atoms with E-state index in [-0.39, 0.29) is 29.1 Å². The zero-order valence-corrected chi connectivity index (χ0v) is 16.3. The minimum atomic E-state index is -4.43. The Morgan fingerprint density at radius 2 is 2.00 bits per heavy atom. The van der Waals surface area contributed by atoms with Crippen LogP contribution in [0, 0.1) is 5.41 Å². The molecule has 2 aromatic heterocycles. The lowest BCUT2D eigenvalue weighted by atomic mass is 9.75. The average molecular weight is 410 g/mol. The van der Waals surface area contributed by atoms with Crippen LogP contribution in [0.3, 0.4) is 0 Å². The summed E-state index contributed by atoms with van der Waals surface area (Å²) in [5.74, 6) is -0.830. The van der Waals surface area contributed by atoms with Gasteiger partial charge in [-0.3, -0.25) is 14.4 Å². The molecule has 0 spiro atoms. The van der Waals surface area contributed by atoms with E-state index in [1.807, 2.05) is 13.8 Å². The number of fused-ring (bicyclic) bond motifs is 1. The molecule has 29 heavy (non-hydrogen) atoms. The number of imidazole rings is 1. The number of hydrogen-bond donors (Lipinski definition) is 1. The number of aromatic nitrogens is 3. The van der Waals surface area contributed by atoms with E-state index in [4.69, 9.17) is 0 Å². The minimum Gasteiger partial charge on any atom is -0.334 e. The summed E-state index contributed by atoms with van der Waals surface area (Å²) in [5, 5.41) is 0. The second-order valence-corrected chi connectivity index (χ2v) is 8.09. The summed E-state index contributed by atoms with van der Waals surface area (Å²) >= 11 is 0. The van der Waals surface area contributed by atoms with Crippen LogP contribution >= 0.6 is 0 Å². The molecule has 10 heteroatoms. The van der Waals surface area contributed by atoms with Crippen LogP contribution in [-0.4, -0.2) is 44.3 Å². The Bertz CT molecular complexity index is 1020. The summed E-state index contributed by atoms with van der Waals surface area (Å²) in [5.41, 5.74) is -0.348. The van der Waals surface area contributed by atoms with Gasteiger partial charge in [-0.2, -0.15) is 13.2 Å². The maximum absolute atomic E-state index is 12.7. The molecule has 0 atom stereocenters. The van der Waals surface area contributed by atoms with Gasteiger partial charge < -0.3 is 14.5 Å². The highest BCUT2D eigenvalue weighted by molar-refractivity contribution is 6.02. The highest BCUT2D eigenvalue weighted by Crippen LogP contribution is 2.33. The Labute approximate surface area is 164 Å². The zero-order valence-electron chi connectivity index (χ0n) is 16.3. The van der Waals surface area contributed by atoms with Gasteiger partial charge in [0.2, 0.25) is 0 Å². The highest BCUT2D eigenvalue weighted by atomic mass is 19.4. The van der Waals surface area contributed by atoms with E-state index < -0.39 is 24.2 Å². The zero-order chi connectivity index (χ0) is 21.6. The number of carbonyl (C=O) groups excluding carboxylic acids is 2. The standard InChI is InChI=1S/C19H21F3N4O3/c1-18(2)7-13-11(14(27)8-18)6-12(16(28)24-13)17(29)25(3)9-15-23-4-5-26(15)10-19(20,21)22/h4-6H,7-10H2,1-3H3,(H,24,28). The normalized spacial score (nSPS) is 15.9. The summed E-state index contributed by atoms with van der Waals surface area (Å²) in [7, 11) is 1.36. The van der Waals surface area contributed by atoms with E-state index in [0.29, 0.717) is 24.1 Å². The van der Waals surface area contributed by atoms with Crippen molar-refractivity contribution in [1.29, 1.82) is 0 Å². The Morgan fingerprint density at radius 1 is 1.31 bits per heavy atom. The van der Waals surface area contributed by atoms with Gasteiger partial charge in [-0.05, 0) is 17.9 Å². The maximum atomic E-state index is 12.7. The van der Waals surface area contributed by atoms with Gasteiger partial charge in [0, 0.05) is 37.1 Å². The van der Waals surface area contributed by atoms with Crippen LogP contribution in [0.25, 0.3) is 0 Å². The maximum Gasteiger partial charge on any atom is 0.406 e. The number of carbonyl (C=O) groups is 2. The van der Waals surface area contributed by atoms with Crippen molar-refractivity contribution in [3.63, 3.8) is 0 Å². The molecule has 1 aliphatic carbocycles. The molecule has 0 fully saturated rings. The van der Waals surface area contributed by atoms with Crippen molar-refractivity contribution in [1.82, 2.24) is 19.4 Å². The first-order chi connectivity index (χ1) is 13.4. The van der Waals surface area contributed by atoms with Crippen LogP contribution in [0.5, 0.6) is 0 Å². The van der Waals surface area contributed by atoms with Gasteiger partial charge in [0.1, 0.15) is 17.9 Å². The topological polar surface area (TPSA) is 88.1 Å². The Morgan fingerprint density at radius 3 is 2.66 bits per heavy atom. The van der Waals surface area contributed by atoms with E-state index in [0.717, 1.165) is 9.47 Å². The molecule has 0 unspecified atom stereocenters. The van der Waals surface area contributed by atoms with Crippen molar-refractivity contribution in [2.45, 2.75) is 46.0 Å². The van der Waals surface area contributed by atoms with Gasteiger partial charge in [-0.1, -0.05) is 13.8 Å². The van der Waals surface area contributed by atoms with E-state index in [1.54, 1.807) is 0 Å². The first kappa shape index (κ1) is 20.8. The second-order valence-electron chi connectivity index (χ2n) is 8.09. The predicted octanol–water partition coefficient (Wildman–Crippen LogP) is 2.56. The van der Waals surface area contributed by atoms with E-state index in [9.17, 15) is 27.6 Å². The van der Waals surface area contributed by atoms with Crippen molar-refractivity contribution >= 4 is 11.7 Å². The molecular weight excluding hydrogens is 389 g/mol. The molecule has 0 saturated carbocycles. The van der Waals surface area contributed by atoms with Gasteiger partial charge in [-0.25, -0.2) is 4.98 Å². The number of halogens is 3. The number of alkyl halides is 3. The highest BCUT2D eigenvalue weighted by Gasteiger charge is 2.33. The third-order valence-electron chi connectivity index (χ3n) is 4.82. The molecule has 0 radical (unpaired) electrons. The van der Waals surface area contributed by atoms with E-state index >= 15 is 0 Å². The number of Topliss-reactive ketones (excluding diaryl/α,β-unsaturated/α-hetero) is 1. The fourth-order valence-electron chi connectivity index (χ4n) is 3.51.